The largest absolute Gasteiger partial charge is 0.327 e. The number of nitrogens with zero attached hydrogens (tertiary/aromatic N) is 2. The van der Waals surface area contributed by atoms with Gasteiger partial charge in [-0.05, 0) is 57.5 Å². The Labute approximate surface area is 200 Å². The number of nitrogens with one attached hydrogen (secondary N) is 1. The third-order valence-electron chi connectivity index (χ3n) is 4.98. The van der Waals surface area contributed by atoms with Gasteiger partial charge in [0.2, 0.25) is 5.69 Å². The van der Waals surface area contributed by atoms with Crippen molar-refractivity contribution in [2.75, 3.05) is 5.32 Å². The fraction of sp³-hybridized carbons (Fsp3) is 0. The minimum atomic E-state index is 0.588. The summed E-state index contributed by atoms with van der Waals surface area (Å²) in [6.45, 7) is 0. The first-order chi connectivity index (χ1) is 15.7. The van der Waals surface area contributed by atoms with E-state index in [0.29, 0.717) is 10.0 Å². The van der Waals surface area contributed by atoms with Gasteiger partial charge in [0.05, 0.1) is 10.6 Å². The van der Waals surface area contributed by atoms with Gasteiger partial charge in [-0.1, -0.05) is 83.9 Å². The molecule has 1 N–H and O–H groups in total. The zero-order valence-electron chi connectivity index (χ0n) is 16.9. The van der Waals surface area contributed by atoms with Crippen molar-refractivity contribution in [1.29, 1.82) is 0 Å². The first-order valence-corrected chi connectivity index (χ1v) is 11.6. The zero-order chi connectivity index (χ0) is 21.9. The summed E-state index contributed by atoms with van der Waals surface area (Å²) in [5, 5.41) is 11.1. The maximum atomic E-state index is 6.53. The van der Waals surface area contributed by atoms with Crippen molar-refractivity contribution < 1.29 is 4.68 Å². The molecule has 4 aromatic carbocycles. The lowest BCUT2D eigenvalue weighted by atomic mass is 10.1. The van der Waals surface area contributed by atoms with E-state index in [-0.39, 0.29) is 0 Å². The number of hydrogen-bond donors (Lipinski definition) is 1. The van der Waals surface area contributed by atoms with E-state index in [9.17, 15) is 0 Å². The van der Waals surface area contributed by atoms with Crippen LogP contribution in [-0.2, 0) is 0 Å². The SMILES string of the molecule is Clc1ccc(-c2sc(Nc3ccc(-c4ccccc4)cc3)n[n+]2-c2ccccc2)c(Cl)c1. The molecule has 0 saturated carbocycles. The first-order valence-electron chi connectivity index (χ1n) is 10.0. The van der Waals surface area contributed by atoms with Crippen LogP contribution in [0.25, 0.3) is 27.4 Å². The van der Waals surface area contributed by atoms with Crippen molar-refractivity contribution in [3.63, 3.8) is 0 Å². The Balaban J connectivity index is 1.50. The topological polar surface area (TPSA) is 28.8 Å². The molecule has 156 valence electrons. The summed E-state index contributed by atoms with van der Waals surface area (Å²) < 4.78 is 1.90. The lowest BCUT2D eigenvalue weighted by Crippen LogP contribution is -2.34. The summed E-state index contributed by atoms with van der Waals surface area (Å²) in [4.78, 5) is 0. The van der Waals surface area contributed by atoms with Crippen LogP contribution in [-0.4, -0.2) is 5.10 Å². The quantitative estimate of drug-likeness (QED) is 0.263. The molecule has 0 spiro atoms. The van der Waals surface area contributed by atoms with Crippen LogP contribution in [0.15, 0.2) is 103 Å². The average Bonchev–Trinajstić information content (AvgIpc) is 3.24. The fourth-order valence-corrected chi connectivity index (χ4v) is 4.97. The highest BCUT2D eigenvalue weighted by atomic mass is 35.5. The van der Waals surface area contributed by atoms with Crippen molar-refractivity contribution >= 4 is 45.4 Å². The highest BCUT2D eigenvalue weighted by Crippen LogP contribution is 2.34. The second kappa shape index (κ2) is 9.13. The summed E-state index contributed by atoms with van der Waals surface area (Å²) in [6, 6.07) is 34.2. The Kier molecular flexibility index (Phi) is 5.91. The van der Waals surface area contributed by atoms with E-state index in [4.69, 9.17) is 28.3 Å². The van der Waals surface area contributed by atoms with Crippen molar-refractivity contribution in [3.05, 3.63) is 113 Å². The molecule has 5 aromatic rings. The van der Waals surface area contributed by atoms with Crippen molar-refractivity contribution in [1.82, 2.24) is 5.10 Å². The zero-order valence-corrected chi connectivity index (χ0v) is 19.2. The van der Waals surface area contributed by atoms with Gasteiger partial charge in [0.25, 0.3) is 5.13 Å². The van der Waals surface area contributed by atoms with Crippen LogP contribution in [0.3, 0.4) is 0 Å². The molecule has 0 aliphatic carbocycles. The molecule has 6 heteroatoms. The third-order valence-corrected chi connectivity index (χ3v) is 6.49. The molecule has 0 bridgehead atoms. The molecule has 1 heterocycles. The highest BCUT2D eigenvalue weighted by Gasteiger charge is 2.26. The van der Waals surface area contributed by atoms with Gasteiger partial charge in [-0.3, -0.25) is 0 Å². The highest BCUT2D eigenvalue weighted by molar-refractivity contribution is 7.18. The van der Waals surface area contributed by atoms with Gasteiger partial charge < -0.3 is 5.32 Å². The van der Waals surface area contributed by atoms with E-state index >= 15 is 0 Å². The van der Waals surface area contributed by atoms with E-state index in [1.165, 1.54) is 22.5 Å². The van der Waals surface area contributed by atoms with Gasteiger partial charge >= 0.3 is 5.01 Å². The maximum absolute atomic E-state index is 6.53. The lowest BCUT2D eigenvalue weighted by molar-refractivity contribution is -0.642. The predicted octanol–water partition coefficient (Wildman–Crippen LogP) is 7.80. The fourth-order valence-electron chi connectivity index (χ4n) is 3.42. The Hall–Kier alpha value is -3.18. The van der Waals surface area contributed by atoms with Gasteiger partial charge in [0, 0.05) is 27.9 Å². The average molecular weight is 475 g/mol. The summed E-state index contributed by atoms with van der Waals surface area (Å²) in [5.74, 6) is 0. The smallest absolute Gasteiger partial charge is 0.306 e. The van der Waals surface area contributed by atoms with Gasteiger partial charge in [0.15, 0.2) is 0 Å². The van der Waals surface area contributed by atoms with Crippen LogP contribution in [0, 0.1) is 0 Å². The number of anilines is 2. The Morgan fingerprint density at radius 3 is 2.06 bits per heavy atom. The van der Waals surface area contributed by atoms with Gasteiger partial charge in [0.1, 0.15) is 0 Å². The number of aromatic nitrogens is 2. The molecule has 5 rings (SSSR count). The number of halogens is 2. The minimum Gasteiger partial charge on any atom is -0.327 e. The van der Waals surface area contributed by atoms with Gasteiger partial charge in [-0.15, -0.1) is 0 Å². The van der Waals surface area contributed by atoms with E-state index in [1.54, 1.807) is 6.07 Å². The Morgan fingerprint density at radius 2 is 1.38 bits per heavy atom. The van der Waals surface area contributed by atoms with E-state index in [2.05, 4.69) is 41.7 Å². The molecule has 0 radical (unpaired) electrons. The van der Waals surface area contributed by atoms with Crippen molar-refractivity contribution in [2.45, 2.75) is 0 Å². The van der Waals surface area contributed by atoms with Crippen LogP contribution in [0.2, 0.25) is 10.0 Å². The molecule has 0 fully saturated rings. The van der Waals surface area contributed by atoms with Crippen LogP contribution in [0.1, 0.15) is 0 Å². The molecule has 0 aliphatic heterocycles. The van der Waals surface area contributed by atoms with E-state index in [1.807, 2.05) is 65.3 Å². The molecule has 0 saturated heterocycles. The predicted molar refractivity (Wildman–Crippen MR) is 134 cm³/mol. The van der Waals surface area contributed by atoms with E-state index < -0.39 is 0 Å². The third kappa shape index (κ3) is 4.39. The first kappa shape index (κ1) is 20.7. The monoisotopic (exact) mass is 474 g/mol. The van der Waals surface area contributed by atoms with Crippen LogP contribution in [0.4, 0.5) is 10.8 Å². The standard InChI is InChI=1S/C26H18Cl2N3S/c27-20-13-16-23(24(28)17-20)25-31(22-9-5-2-6-10-22)30-26(32-25)29-21-14-11-19(12-15-21)18-7-3-1-4-8-18/h1-17H,(H,29,30)/q+1. The Morgan fingerprint density at radius 1 is 0.719 bits per heavy atom. The molecule has 0 amide bonds. The van der Waals surface area contributed by atoms with Crippen molar-refractivity contribution in [2.24, 2.45) is 0 Å². The molecule has 32 heavy (non-hydrogen) atoms. The molecule has 0 atom stereocenters. The van der Waals surface area contributed by atoms with Crippen LogP contribution in [0.5, 0.6) is 0 Å². The molecule has 1 aromatic heterocycles. The summed E-state index contributed by atoms with van der Waals surface area (Å²) in [6.07, 6.45) is 0. The number of hydrogen-bond acceptors (Lipinski definition) is 3. The minimum absolute atomic E-state index is 0.588. The van der Waals surface area contributed by atoms with Gasteiger partial charge in [-0.2, -0.15) is 0 Å². The second-order valence-corrected chi connectivity index (χ2v) is 8.97. The Bertz CT molecular complexity index is 1350. The normalized spacial score (nSPS) is 10.8. The number of benzene rings is 4. The molecular formula is C26H18Cl2N3S+. The summed E-state index contributed by atoms with van der Waals surface area (Å²) >= 11 is 14.2. The molecular weight excluding hydrogens is 457 g/mol. The second-order valence-electron chi connectivity index (χ2n) is 7.15. The van der Waals surface area contributed by atoms with Crippen LogP contribution < -0.4 is 10.00 Å². The lowest BCUT2D eigenvalue weighted by Gasteiger charge is -2.04. The summed E-state index contributed by atoms with van der Waals surface area (Å²) in [7, 11) is 0. The van der Waals surface area contributed by atoms with Crippen molar-refractivity contribution in [3.8, 4) is 27.4 Å². The molecule has 0 unspecified atom stereocenters. The van der Waals surface area contributed by atoms with Gasteiger partial charge in [-0.25, -0.2) is 0 Å². The van der Waals surface area contributed by atoms with Crippen LogP contribution >= 0.6 is 34.5 Å². The molecule has 0 aliphatic rings. The van der Waals surface area contributed by atoms with E-state index in [0.717, 1.165) is 27.1 Å². The summed E-state index contributed by atoms with van der Waals surface area (Å²) in [5.41, 5.74) is 5.16. The number of rotatable bonds is 5. The molecule has 3 nitrogen and oxygen atoms in total. The number of para-hydroxylation sites is 1. The maximum Gasteiger partial charge on any atom is 0.306 e.